The number of rotatable bonds is 3. The highest BCUT2D eigenvalue weighted by atomic mass is 16.4. The lowest BCUT2D eigenvalue weighted by atomic mass is 10.1. The Balaban J connectivity index is 2.65. The molecule has 0 radical (unpaired) electrons. The number of carbonyl (C=O) groups is 2. The van der Waals surface area contributed by atoms with E-state index >= 15 is 0 Å². The van der Waals surface area contributed by atoms with Crippen LogP contribution in [0.4, 0.5) is 0 Å². The molecule has 18 heavy (non-hydrogen) atoms. The van der Waals surface area contributed by atoms with E-state index < -0.39 is 17.2 Å². The molecule has 2 aromatic rings. The molecule has 0 aliphatic heterocycles. The topological polar surface area (TPSA) is 84.6 Å². The zero-order valence-corrected chi connectivity index (χ0v) is 9.12. The summed E-state index contributed by atoms with van der Waals surface area (Å²) >= 11 is 0. The van der Waals surface area contributed by atoms with Crippen LogP contribution in [0.1, 0.15) is 15.9 Å². The van der Waals surface area contributed by atoms with Gasteiger partial charge in [0, 0.05) is 5.39 Å². The molecule has 0 spiro atoms. The molecular weight excluding hydrogens is 236 g/mol. The molecule has 1 aromatic heterocycles. The van der Waals surface area contributed by atoms with Crippen LogP contribution < -0.4 is 5.63 Å². The monoisotopic (exact) mass is 244 g/mol. The van der Waals surface area contributed by atoms with Gasteiger partial charge in [0.1, 0.15) is 17.4 Å². The van der Waals surface area contributed by atoms with Gasteiger partial charge in [-0.25, -0.2) is 9.59 Å². The van der Waals surface area contributed by atoms with Gasteiger partial charge in [-0.2, -0.15) is 0 Å². The van der Waals surface area contributed by atoms with Gasteiger partial charge in [0.25, 0.3) is 0 Å². The molecule has 90 valence electrons. The van der Waals surface area contributed by atoms with Crippen molar-refractivity contribution in [2.75, 3.05) is 0 Å². The van der Waals surface area contributed by atoms with Gasteiger partial charge >= 0.3 is 11.6 Å². The van der Waals surface area contributed by atoms with Crippen LogP contribution in [0.25, 0.3) is 17.0 Å². The number of benzene rings is 1. The highest BCUT2D eigenvalue weighted by molar-refractivity contribution is 5.92. The predicted octanol–water partition coefficient (Wildman–Crippen LogP) is 1.70. The first-order valence-electron chi connectivity index (χ1n) is 5.05. The van der Waals surface area contributed by atoms with Crippen LogP contribution in [0.3, 0.4) is 0 Å². The van der Waals surface area contributed by atoms with Gasteiger partial charge < -0.3 is 9.52 Å². The summed E-state index contributed by atoms with van der Waals surface area (Å²) < 4.78 is 4.88. The van der Waals surface area contributed by atoms with Gasteiger partial charge in [-0.1, -0.05) is 12.1 Å². The largest absolute Gasteiger partial charge is 0.477 e. The van der Waals surface area contributed by atoms with Crippen LogP contribution in [0.5, 0.6) is 0 Å². The van der Waals surface area contributed by atoms with Crippen molar-refractivity contribution in [2.45, 2.75) is 0 Å². The molecule has 0 atom stereocenters. The Kier molecular flexibility index (Phi) is 3.05. The number of carboxylic acid groups (broad SMARTS) is 1. The van der Waals surface area contributed by atoms with Crippen molar-refractivity contribution in [1.29, 1.82) is 0 Å². The number of carbonyl (C=O) groups excluding carboxylic acids is 1. The van der Waals surface area contributed by atoms with E-state index in [1.54, 1.807) is 24.3 Å². The van der Waals surface area contributed by atoms with Crippen molar-refractivity contribution < 1.29 is 19.1 Å². The van der Waals surface area contributed by atoms with Crippen LogP contribution in [0, 0.1) is 0 Å². The molecule has 5 heteroatoms. The molecule has 1 heterocycles. The minimum absolute atomic E-state index is 0.299. The second kappa shape index (κ2) is 4.67. The smallest absolute Gasteiger partial charge is 0.351 e. The van der Waals surface area contributed by atoms with Gasteiger partial charge in [0.2, 0.25) is 0 Å². The van der Waals surface area contributed by atoms with Crippen molar-refractivity contribution in [3.63, 3.8) is 0 Å². The third-order valence-corrected chi connectivity index (χ3v) is 2.35. The highest BCUT2D eigenvalue weighted by Gasteiger charge is 2.11. The molecule has 2 rings (SSSR count). The molecule has 0 aliphatic rings. The van der Waals surface area contributed by atoms with E-state index in [0.717, 1.165) is 0 Å². The van der Waals surface area contributed by atoms with Crippen molar-refractivity contribution in [2.24, 2.45) is 0 Å². The Morgan fingerprint density at radius 1 is 1.28 bits per heavy atom. The van der Waals surface area contributed by atoms with Crippen molar-refractivity contribution in [3.8, 4) is 0 Å². The first kappa shape index (κ1) is 11.8. The molecule has 1 N–H and O–H groups in total. The average molecular weight is 244 g/mol. The van der Waals surface area contributed by atoms with E-state index in [1.807, 2.05) is 0 Å². The zero-order valence-electron chi connectivity index (χ0n) is 9.12. The maximum atomic E-state index is 11.3. The van der Waals surface area contributed by atoms with Gasteiger partial charge in [-0.3, -0.25) is 4.79 Å². The summed E-state index contributed by atoms with van der Waals surface area (Å²) in [6.45, 7) is 0. The number of hydrogen-bond acceptors (Lipinski definition) is 4. The Morgan fingerprint density at radius 3 is 2.72 bits per heavy atom. The first-order valence-corrected chi connectivity index (χ1v) is 5.05. The van der Waals surface area contributed by atoms with E-state index in [2.05, 4.69) is 0 Å². The van der Waals surface area contributed by atoms with Crippen molar-refractivity contribution in [1.82, 2.24) is 0 Å². The quantitative estimate of drug-likeness (QED) is 0.504. The van der Waals surface area contributed by atoms with E-state index in [-0.39, 0.29) is 0 Å². The summed E-state index contributed by atoms with van der Waals surface area (Å²) in [5.41, 5.74) is -0.293. The van der Waals surface area contributed by atoms with Crippen molar-refractivity contribution >= 4 is 29.3 Å². The Morgan fingerprint density at radius 2 is 2.06 bits per heavy atom. The van der Waals surface area contributed by atoms with Crippen LogP contribution >= 0.6 is 0 Å². The van der Waals surface area contributed by atoms with Crippen LogP contribution in [-0.2, 0) is 4.79 Å². The lowest BCUT2D eigenvalue weighted by Crippen LogP contribution is -2.12. The normalized spacial score (nSPS) is 10.9. The number of aldehydes is 1. The molecule has 0 saturated heterocycles. The molecular formula is C13H8O5. The van der Waals surface area contributed by atoms with Crippen LogP contribution in [-0.4, -0.2) is 17.4 Å². The third kappa shape index (κ3) is 2.20. The molecule has 0 unspecified atom stereocenters. The Labute approximate surface area is 101 Å². The summed E-state index contributed by atoms with van der Waals surface area (Å²) in [7, 11) is 0. The summed E-state index contributed by atoms with van der Waals surface area (Å²) in [6.07, 6.45) is 3.52. The predicted molar refractivity (Wildman–Crippen MR) is 64.5 cm³/mol. The zero-order chi connectivity index (χ0) is 13.1. The standard InChI is InChI=1S/C13H8O5/c14-5-1-2-8-3-4-11-9(6-8)7-10(12(15)16)13(17)18-11/h1-7H,(H,15,16). The minimum atomic E-state index is -1.33. The molecule has 0 amide bonds. The Bertz CT molecular complexity index is 709. The second-order valence-electron chi connectivity index (χ2n) is 3.55. The molecule has 5 nitrogen and oxygen atoms in total. The molecule has 1 aromatic carbocycles. The van der Waals surface area contributed by atoms with E-state index in [4.69, 9.17) is 9.52 Å². The second-order valence-corrected chi connectivity index (χ2v) is 3.55. The van der Waals surface area contributed by atoms with E-state index in [0.29, 0.717) is 22.8 Å². The van der Waals surface area contributed by atoms with E-state index in [9.17, 15) is 14.4 Å². The number of aromatic carboxylic acids is 1. The van der Waals surface area contributed by atoms with Crippen molar-refractivity contribution in [3.05, 3.63) is 51.9 Å². The molecule has 0 aliphatic carbocycles. The first-order chi connectivity index (χ1) is 8.61. The third-order valence-electron chi connectivity index (χ3n) is 2.35. The number of hydrogen-bond donors (Lipinski definition) is 1. The number of allylic oxidation sites excluding steroid dienone is 1. The Hall–Kier alpha value is -2.69. The summed E-state index contributed by atoms with van der Waals surface area (Å²) in [5.74, 6) is -1.33. The van der Waals surface area contributed by atoms with Crippen LogP contribution in [0.2, 0.25) is 0 Å². The van der Waals surface area contributed by atoms with Gasteiger partial charge in [-0.15, -0.1) is 0 Å². The lowest BCUT2D eigenvalue weighted by molar-refractivity contribution is -0.104. The summed E-state index contributed by atoms with van der Waals surface area (Å²) in [4.78, 5) is 32.3. The highest BCUT2D eigenvalue weighted by Crippen LogP contribution is 2.16. The molecule has 0 saturated carbocycles. The average Bonchev–Trinajstić information content (AvgIpc) is 2.35. The molecule has 0 bridgehead atoms. The van der Waals surface area contributed by atoms with E-state index in [1.165, 1.54) is 12.1 Å². The van der Waals surface area contributed by atoms with Gasteiger partial charge in [0.15, 0.2) is 0 Å². The maximum absolute atomic E-state index is 11.3. The van der Waals surface area contributed by atoms with Gasteiger partial charge in [0.05, 0.1) is 0 Å². The number of fused-ring (bicyclic) bond motifs is 1. The fraction of sp³-hybridized carbons (Fsp3) is 0. The van der Waals surface area contributed by atoms with Gasteiger partial charge in [-0.05, 0) is 29.8 Å². The fourth-order valence-electron chi connectivity index (χ4n) is 1.55. The summed E-state index contributed by atoms with van der Waals surface area (Å²) in [6, 6.07) is 6.09. The SMILES string of the molecule is O=CC=Cc1ccc2oc(=O)c(C(=O)O)cc2c1. The minimum Gasteiger partial charge on any atom is -0.477 e. The maximum Gasteiger partial charge on any atom is 0.351 e. The number of carboxylic acids is 1. The summed E-state index contributed by atoms with van der Waals surface area (Å²) in [5, 5.41) is 9.30. The lowest BCUT2D eigenvalue weighted by Gasteiger charge is -1.99. The fourth-order valence-corrected chi connectivity index (χ4v) is 1.55. The molecule has 0 fully saturated rings. The van der Waals surface area contributed by atoms with Crippen LogP contribution in [0.15, 0.2) is 39.6 Å².